The fourth-order valence-electron chi connectivity index (χ4n) is 4.45. The van der Waals surface area contributed by atoms with Crippen molar-refractivity contribution in [1.29, 1.82) is 0 Å². The van der Waals surface area contributed by atoms with Crippen molar-refractivity contribution >= 4 is 23.5 Å². The molecule has 1 aromatic heterocycles. The minimum Gasteiger partial charge on any atom is -0.376 e. The minimum absolute atomic E-state index is 0.144. The Labute approximate surface area is 189 Å². The zero-order valence-electron chi connectivity index (χ0n) is 19.2. The van der Waals surface area contributed by atoms with Gasteiger partial charge in [-0.05, 0) is 75.1 Å². The average molecular weight is 443 g/mol. The van der Waals surface area contributed by atoms with Gasteiger partial charge in [0.05, 0.1) is 18.4 Å². The molecule has 1 unspecified atom stereocenters. The lowest BCUT2D eigenvalue weighted by molar-refractivity contribution is 0.0951. The first-order valence-electron chi connectivity index (χ1n) is 11.5. The molecule has 0 spiro atoms. The van der Waals surface area contributed by atoms with Crippen LogP contribution < -0.4 is 4.90 Å². The summed E-state index contributed by atoms with van der Waals surface area (Å²) in [6.07, 6.45) is 4.74. The lowest BCUT2D eigenvalue weighted by Crippen LogP contribution is -2.35. The van der Waals surface area contributed by atoms with Crippen LogP contribution in [-0.2, 0) is 11.3 Å². The number of ketones is 1. The summed E-state index contributed by atoms with van der Waals surface area (Å²) in [7, 11) is 0. The maximum Gasteiger partial charge on any atom is 0.228 e. The largest absolute Gasteiger partial charge is 0.376 e. The maximum absolute atomic E-state index is 13.0. The molecule has 3 heterocycles. The van der Waals surface area contributed by atoms with Crippen LogP contribution in [0.25, 0.3) is 0 Å². The van der Waals surface area contributed by atoms with Gasteiger partial charge in [-0.1, -0.05) is 24.8 Å². The van der Waals surface area contributed by atoms with Crippen LogP contribution in [0.3, 0.4) is 0 Å². The van der Waals surface area contributed by atoms with Crippen molar-refractivity contribution in [1.82, 2.24) is 14.8 Å². The zero-order chi connectivity index (χ0) is 22.0. The molecule has 4 rings (SSSR count). The second-order valence-corrected chi connectivity index (χ2v) is 10.1. The third-order valence-corrected chi connectivity index (χ3v) is 7.61. The summed E-state index contributed by atoms with van der Waals surface area (Å²) in [5.74, 6) is 2.20. The molecule has 168 valence electrons. The van der Waals surface area contributed by atoms with E-state index in [2.05, 4.69) is 46.5 Å². The Kier molecular flexibility index (Phi) is 7.02. The van der Waals surface area contributed by atoms with Crippen LogP contribution in [0.15, 0.2) is 17.3 Å². The van der Waals surface area contributed by atoms with Crippen LogP contribution in [0.5, 0.6) is 0 Å². The van der Waals surface area contributed by atoms with Gasteiger partial charge < -0.3 is 9.64 Å². The molecular formula is C24H34N4O2S. The predicted molar refractivity (Wildman–Crippen MR) is 125 cm³/mol. The molecule has 1 aromatic carbocycles. The highest BCUT2D eigenvalue weighted by Gasteiger charge is 2.26. The van der Waals surface area contributed by atoms with E-state index >= 15 is 0 Å². The molecule has 31 heavy (non-hydrogen) atoms. The molecule has 1 atom stereocenters. The number of piperidine rings is 1. The van der Waals surface area contributed by atoms with Crippen molar-refractivity contribution in [3.8, 4) is 0 Å². The molecule has 0 amide bonds. The van der Waals surface area contributed by atoms with Crippen molar-refractivity contribution < 1.29 is 9.53 Å². The Morgan fingerprint density at radius 3 is 2.55 bits per heavy atom. The summed E-state index contributed by atoms with van der Waals surface area (Å²) in [5.41, 5.74) is 4.23. The van der Waals surface area contributed by atoms with Gasteiger partial charge in [-0.3, -0.25) is 9.36 Å². The summed E-state index contributed by atoms with van der Waals surface area (Å²) < 4.78 is 8.10. The van der Waals surface area contributed by atoms with Crippen LogP contribution in [0, 0.1) is 26.7 Å². The van der Waals surface area contributed by atoms with Crippen molar-refractivity contribution in [2.75, 3.05) is 30.3 Å². The smallest absolute Gasteiger partial charge is 0.228 e. The molecule has 2 saturated heterocycles. The third-order valence-electron chi connectivity index (χ3n) is 6.65. The van der Waals surface area contributed by atoms with E-state index in [0.29, 0.717) is 5.75 Å². The minimum atomic E-state index is 0.144. The van der Waals surface area contributed by atoms with E-state index < -0.39 is 0 Å². The summed E-state index contributed by atoms with van der Waals surface area (Å²) >= 11 is 1.50. The molecule has 2 aliphatic heterocycles. The molecule has 2 aliphatic rings. The SMILES string of the molecule is Cc1cc(C)c(C(=O)CSc2nnc(N3CCC(C)CC3)n2CC2CCCO2)cc1C. The number of hydrogen-bond donors (Lipinski definition) is 0. The Morgan fingerprint density at radius 1 is 1.10 bits per heavy atom. The molecule has 0 radical (unpaired) electrons. The first kappa shape index (κ1) is 22.3. The van der Waals surface area contributed by atoms with Crippen molar-refractivity contribution in [2.45, 2.75) is 71.2 Å². The molecule has 0 bridgehead atoms. The fraction of sp³-hybridized carbons (Fsp3) is 0.625. The van der Waals surface area contributed by atoms with Gasteiger partial charge in [-0.15, -0.1) is 10.2 Å². The van der Waals surface area contributed by atoms with Gasteiger partial charge in [0.25, 0.3) is 0 Å². The topological polar surface area (TPSA) is 60.2 Å². The lowest BCUT2D eigenvalue weighted by atomic mass is 9.99. The molecule has 0 N–H and O–H groups in total. The van der Waals surface area contributed by atoms with Crippen LogP contribution in [0.2, 0.25) is 0 Å². The summed E-state index contributed by atoms with van der Waals surface area (Å²) in [4.78, 5) is 15.3. The van der Waals surface area contributed by atoms with E-state index in [1.165, 1.54) is 30.2 Å². The number of Topliss-reactive ketones (excluding diaryl/α,β-unsaturated/α-hetero) is 1. The summed E-state index contributed by atoms with van der Waals surface area (Å²) in [6.45, 7) is 12.1. The Balaban J connectivity index is 1.51. The van der Waals surface area contributed by atoms with Gasteiger partial charge in [0, 0.05) is 25.3 Å². The third kappa shape index (κ3) is 5.14. The quantitative estimate of drug-likeness (QED) is 0.462. The number of carbonyl (C=O) groups excluding carboxylic acids is 1. The molecular weight excluding hydrogens is 408 g/mol. The second kappa shape index (κ2) is 9.74. The number of nitrogens with zero attached hydrogens (tertiary/aromatic N) is 4. The Bertz CT molecular complexity index is 928. The van der Waals surface area contributed by atoms with Gasteiger partial charge in [-0.25, -0.2) is 0 Å². The highest BCUT2D eigenvalue weighted by atomic mass is 32.2. The Hall–Kier alpha value is -1.86. The van der Waals surface area contributed by atoms with E-state index in [1.807, 2.05) is 13.0 Å². The molecule has 2 fully saturated rings. The number of rotatable bonds is 7. The van der Waals surface area contributed by atoms with Crippen LogP contribution >= 0.6 is 11.8 Å². The van der Waals surface area contributed by atoms with Crippen LogP contribution in [-0.4, -0.2) is 52.1 Å². The molecule has 7 heteroatoms. The van der Waals surface area contributed by atoms with Gasteiger partial charge in [0.1, 0.15) is 0 Å². The standard InChI is InChI=1S/C24H34N4O2S/c1-16-7-9-27(10-8-16)23-25-26-24(28(23)14-20-6-5-11-30-20)31-15-22(29)21-13-18(3)17(2)12-19(21)4/h12-13,16,20H,5-11,14-15H2,1-4H3. The average Bonchev–Trinajstić information content (AvgIpc) is 3.40. The van der Waals surface area contributed by atoms with E-state index in [1.54, 1.807) is 0 Å². The Morgan fingerprint density at radius 2 is 1.84 bits per heavy atom. The summed E-state index contributed by atoms with van der Waals surface area (Å²) in [6, 6.07) is 4.12. The monoisotopic (exact) mass is 442 g/mol. The van der Waals surface area contributed by atoms with Gasteiger partial charge in [0.2, 0.25) is 5.95 Å². The molecule has 0 saturated carbocycles. The van der Waals surface area contributed by atoms with Crippen molar-refractivity contribution in [3.63, 3.8) is 0 Å². The van der Waals surface area contributed by atoms with Crippen molar-refractivity contribution in [3.05, 3.63) is 34.4 Å². The highest BCUT2D eigenvalue weighted by molar-refractivity contribution is 7.99. The second-order valence-electron chi connectivity index (χ2n) is 9.16. The van der Waals surface area contributed by atoms with E-state index in [9.17, 15) is 4.79 Å². The number of benzene rings is 1. The number of hydrogen-bond acceptors (Lipinski definition) is 6. The van der Waals surface area contributed by atoms with Gasteiger partial charge >= 0.3 is 0 Å². The number of thioether (sulfide) groups is 1. The van der Waals surface area contributed by atoms with Gasteiger partial charge in [0.15, 0.2) is 10.9 Å². The number of carbonyl (C=O) groups is 1. The van der Waals surface area contributed by atoms with E-state index in [-0.39, 0.29) is 11.9 Å². The first-order valence-corrected chi connectivity index (χ1v) is 12.4. The van der Waals surface area contributed by atoms with E-state index in [0.717, 1.165) is 72.8 Å². The number of aromatic nitrogens is 3. The molecule has 6 nitrogen and oxygen atoms in total. The number of ether oxygens (including phenoxy) is 1. The van der Waals surface area contributed by atoms with Crippen LogP contribution in [0.4, 0.5) is 5.95 Å². The molecule has 2 aromatic rings. The molecule has 0 aliphatic carbocycles. The van der Waals surface area contributed by atoms with Gasteiger partial charge in [-0.2, -0.15) is 0 Å². The van der Waals surface area contributed by atoms with Crippen LogP contribution in [0.1, 0.15) is 59.7 Å². The highest BCUT2D eigenvalue weighted by Crippen LogP contribution is 2.29. The first-order chi connectivity index (χ1) is 14.9. The maximum atomic E-state index is 13.0. The normalized spacial score (nSPS) is 19.9. The summed E-state index contributed by atoms with van der Waals surface area (Å²) in [5, 5.41) is 9.87. The van der Waals surface area contributed by atoms with Crippen molar-refractivity contribution in [2.24, 2.45) is 5.92 Å². The number of anilines is 1. The fourth-order valence-corrected chi connectivity index (χ4v) is 5.28. The number of aryl methyl sites for hydroxylation is 3. The zero-order valence-corrected chi connectivity index (χ0v) is 20.0. The van der Waals surface area contributed by atoms with E-state index in [4.69, 9.17) is 4.74 Å². The lowest BCUT2D eigenvalue weighted by Gasteiger charge is -2.31. The predicted octanol–water partition coefficient (Wildman–Crippen LogP) is 4.59.